The van der Waals surface area contributed by atoms with Crippen LogP contribution in [0.1, 0.15) is 6.42 Å². The lowest BCUT2D eigenvalue weighted by Gasteiger charge is -2.23. The fourth-order valence-electron chi connectivity index (χ4n) is 1.28. The molecule has 0 aromatic carbocycles. The molecule has 0 aromatic heterocycles. The van der Waals surface area contributed by atoms with Gasteiger partial charge in [-0.3, -0.25) is 0 Å². The van der Waals surface area contributed by atoms with Gasteiger partial charge in [0.25, 0.3) is 0 Å². The van der Waals surface area contributed by atoms with E-state index in [1.54, 1.807) is 6.08 Å². The van der Waals surface area contributed by atoms with Gasteiger partial charge in [-0.15, -0.1) is 0 Å². The third-order valence-electron chi connectivity index (χ3n) is 1.93. The molecule has 0 aliphatic carbocycles. The first-order chi connectivity index (χ1) is 5.93. The Balaban J connectivity index is 2.12. The Kier molecular flexibility index (Phi) is 4.73. The van der Waals surface area contributed by atoms with E-state index in [1.807, 2.05) is 12.2 Å². The van der Waals surface area contributed by atoms with Gasteiger partial charge in [-0.05, 0) is 13.3 Å². The highest BCUT2D eigenvalue weighted by Crippen LogP contribution is 1.95. The second kappa shape index (κ2) is 5.98. The smallest absolute Gasteiger partial charge is 0.0227 e. The molecule has 0 saturated carbocycles. The van der Waals surface area contributed by atoms with Gasteiger partial charge in [-0.25, -0.2) is 0 Å². The van der Waals surface area contributed by atoms with Crippen molar-refractivity contribution in [1.82, 2.24) is 10.6 Å². The van der Waals surface area contributed by atoms with Gasteiger partial charge < -0.3 is 10.6 Å². The van der Waals surface area contributed by atoms with Crippen LogP contribution >= 0.6 is 0 Å². The van der Waals surface area contributed by atoms with Gasteiger partial charge in [0.2, 0.25) is 0 Å². The zero-order valence-corrected chi connectivity index (χ0v) is 7.42. The molecule has 1 aliphatic heterocycles. The molecule has 0 bridgehead atoms. The lowest BCUT2D eigenvalue weighted by molar-refractivity contribution is 0.421. The van der Waals surface area contributed by atoms with Crippen LogP contribution in [0.4, 0.5) is 0 Å². The van der Waals surface area contributed by atoms with E-state index in [1.165, 1.54) is 0 Å². The van der Waals surface area contributed by atoms with Crippen molar-refractivity contribution >= 4 is 0 Å². The maximum Gasteiger partial charge on any atom is 0.0227 e. The van der Waals surface area contributed by atoms with Crippen molar-refractivity contribution in [3.8, 4) is 0 Å². The first kappa shape index (κ1) is 9.49. The van der Waals surface area contributed by atoms with Gasteiger partial charge in [0.1, 0.15) is 0 Å². The van der Waals surface area contributed by atoms with Crippen LogP contribution < -0.4 is 10.6 Å². The van der Waals surface area contributed by atoms with Gasteiger partial charge >= 0.3 is 0 Å². The Bertz CT molecular complexity index is 155. The molecule has 1 radical (unpaired) electrons. The Morgan fingerprint density at radius 3 is 2.92 bits per heavy atom. The summed E-state index contributed by atoms with van der Waals surface area (Å²) in [5.41, 5.74) is 0. The van der Waals surface area contributed by atoms with E-state index < -0.39 is 0 Å². The maximum absolute atomic E-state index is 3.61. The van der Waals surface area contributed by atoms with Gasteiger partial charge in [0, 0.05) is 25.7 Å². The summed E-state index contributed by atoms with van der Waals surface area (Å²) in [4.78, 5) is 0. The van der Waals surface area contributed by atoms with Crippen LogP contribution in [0.5, 0.6) is 0 Å². The van der Waals surface area contributed by atoms with Crippen molar-refractivity contribution in [2.45, 2.75) is 12.5 Å². The molecule has 1 rings (SSSR count). The second-order valence-corrected chi connectivity index (χ2v) is 2.95. The van der Waals surface area contributed by atoms with Gasteiger partial charge in [-0.2, -0.15) is 0 Å². The standard InChI is InChI=1S/C10H17N2/c1-2-3-4-5-6-10-9-11-7-8-12-10/h2-5,10-12H,1,6-9H2. The van der Waals surface area contributed by atoms with E-state index in [2.05, 4.69) is 23.6 Å². The highest BCUT2D eigenvalue weighted by molar-refractivity contribution is 5.04. The average molecular weight is 165 g/mol. The van der Waals surface area contributed by atoms with Crippen LogP contribution in [0.25, 0.3) is 0 Å². The third-order valence-corrected chi connectivity index (χ3v) is 1.93. The third kappa shape index (κ3) is 3.69. The predicted molar refractivity (Wildman–Crippen MR) is 52.9 cm³/mol. The molecule has 67 valence electrons. The van der Waals surface area contributed by atoms with Crippen molar-refractivity contribution in [3.05, 3.63) is 31.2 Å². The van der Waals surface area contributed by atoms with Crippen molar-refractivity contribution in [2.24, 2.45) is 0 Å². The second-order valence-electron chi connectivity index (χ2n) is 2.95. The average Bonchev–Trinajstić information content (AvgIpc) is 2.14. The van der Waals surface area contributed by atoms with Crippen LogP contribution in [-0.2, 0) is 0 Å². The molecule has 2 N–H and O–H groups in total. The quantitative estimate of drug-likeness (QED) is 0.607. The molecular weight excluding hydrogens is 148 g/mol. The molecule has 1 atom stereocenters. The Morgan fingerprint density at radius 2 is 2.25 bits per heavy atom. The summed E-state index contributed by atoms with van der Waals surface area (Å²) in [6.45, 7) is 6.88. The summed E-state index contributed by atoms with van der Waals surface area (Å²) < 4.78 is 0. The number of piperazine rings is 1. The zero-order chi connectivity index (χ0) is 8.65. The van der Waals surface area contributed by atoms with Gasteiger partial charge in [-0.1, -0.05) is 24.3 Å². The molecule has 0 spiro atoms. The largest absolute Gasteiger partial charge is 0.314 e. The van der Waals surface area contributed by atoms with Crippen LogP contribution in [0.3, 0.4) is 0 Å². The molecule has 1 saturated heterocycles. The molecule has 12 heavy (non-hydrogen) atoms. The fraction of sp³-hybridized carbons (Fsp3) is 0.500. The highest BCUT2D eigenvalue weighted by Gasteiger charge is 2.08. The first-order valence-electron chi connectivity index (χ1n) is 4.48. The van der Waals surface area contributed by atoms with Crippen molar-refractivity contribution in [3.63, 3.8) is 0 Å². The van der Waals surface area contributed by atoms with Gasteiger partial charge in [0.15, 0.2) is 0 Å². The van der Waals surface area contributed by atoms with Crippen LogP contribution in [0, 0.1) is 6.92 Å². The van der Waals surface area contributed by atoms with E-state index in [-0.39, 0.29) is 0 Å². The molecule has 2 nitrogen and oxygen atoms in total. The topological polar surface area (TPSA) is 24.1 Å². The monoisotopic (exact) mass is 165 g/mol. The van der Waals surface area contributed by atoms with Gasteiger partial charge in [0.05, 0.1) is 0 Å². The number of hydrogen-bond donors (Lipinski definition) is 2. The summed E-state index contributed by atoms with van der Waals surface area (Å²) in [5, 5.41) is 6.79. The maximum atomic E-state index is 3.61. The van der Waals surface area contributed by atoms with Crippen molar-refractivity contribution in [1.29, 1.82) is 0 Å². The molecule has 0 amide bonds. The van der Waals surface area contributed by atoms with E-state index in [9.17, 15) is 0 Å². The summed E-state index contributed by atoms with van der Waals surface area (Å²) >= 11 is 0. The zero-order valence-electron chi connectivity index (χ0n) is 7.42. The van der Waals surface area contributed by atoms with Crippen LogP contribution in [0.15, 0.2) is 24.3 Å². The molecule has 0 aromatic rings. The minimum absolute atomic E-state index is 0.605. The van der Waals surface area contributed by atoms with Crippen LogP contribution in [0.2, 0.25) is 0 Å². The number of nitrogens with one attached hydrogen (secondary N) is 2. The predicted octanol–water partition coefficient (Wildman–Crippen LogP) is 0.884. The first-order valence-corrected chi connectivity index (χ1v) is 4.48. The minimum Gasteiger partial charge on any atom is -0.314 e. The molecule has 1 fully saturated rings. The fourth-order valence-corrected chi connectivity index (χ4v) is 1.28. The Morgan fingerprint density at radius 1 is 1.33 bits per heavy atom. The lowest BCUT2D eigenvalue weighted by Crippen LogP contribution is -2.47. The number of rotatable bonds is 3. The van der Waals surface area contributed by atoms with E-state index in [0.717, 1.165) is 26.1 Å². The van der Waals surface area contributed by atoms with Crippen LogP contribution in [-0.4, -0.2) is 25.7 Å². The Labute approximate surface area is 74.7 Å². The molecule has 1 unspecified atom stereocenters. The minimum atomic E-state index is 0.605. The number of allylic oxidation sites excluding steroid dienone is 3. The lowest BCUT2D eigenvalue weighted by atomic mass is 10.1. The van der Waals surface area contributed by atoms with Crippen molar-refractivity contribution in [2.75, 3.05) is 19.6 Å². The van der Waals surface area contributed by atoms with Crippen molar-refractivity contribution < 1.29 is 0 Å². The summed E-state index contributed by atoms with van der Waals surface area (Å²) in [6, 6.07) is 0.605. The SMILES string of the molecule is [CH2]C=CC=CCC1CNCCN1. The normalized spacial score (nSPS) is 25.6. The van der Waals surface area contributed by atoms with E-state index in [4.69, 9.17) is 0 Å². The molecule has 1 heterocycles. The molecule has 2 heteroatoms. The summed E-state index contributed by atoms with van der Waals surface area (Å²) in [6.07, 6.45) is 9.06. The molecule has 1 aliphatic rings. The highest BCUT2D eigenvalue weighted by atomic mass is 15.0. The van der Waals surface area contributed by atoms with E-state index >= 15 is 0 Å². The summed E-state index contributed by atoms with van der Waals surface area (Å²) in [7, 11) is 0. The molecular formula is C10H17N2. The Hall–Kier alpha value is -0.600. The summed E-state index contributed by atoms with van der Waals surface area (Å²) in [5.74, 6) is 0. The number of hydrogen-bond acceptors (Lipinski definition) is 2. The van der Waals surface area contributed by atoms with E-state index in [0.29, 0.717) is 6.04 Å².